The Morgan fingerprint density at radius 2 is 1.87 bits per heavy atom. The van der Waals surface area contributed by atoms with Crippen LogP contribution in [0.4, 0.5) is 0 Å². The molecule has 1 aromatic carbocycles. The molecule has 2 aromatic rings. The third kappa shape index (κ3) is 4.65. The highest BCUT2D eigenvalue weighted by atomic mass is 32.2. The molecule has 2 aliphatic heterocycles. The van der Waals surface area contributed by atoms with Crippen LogP contribution in [0.15, 0.2) is 53.7 Å². The lowest BCUT2D eigenvalue weighted by Crippen LogP contribution is -2.50. The van der Waals surface area contributed by atoms with Crippen molar-refractivity contribution in [3.63, 3.8) is 0 Å². The summed E-state index contributed by atoms with van der Waals surface area (Å²) >= 11 is 0. The van der Waals surface area contributed by atoms with Crippen molar-refractivity contribution in [1.29, 1.82) is 0 Å². The van der Waals surface area contributed by atoms with Gasteiger partial charge < -0.3 is 19.1 Å². The van der Waals surface area contributed by atoms with Crippen molar-refractivity contribution in [2.45, 2.75) is 23.5 Å². The number of amides is 1. The molecule has 31 heavy (non-hydrogen) atoms. The van der Waals surface area contributed by atoms with Gasteiger partial charge in [-0.2, -0.15) is 4.31 Å². The van der Waals surface area contributed by atoms with Crippen molar-refractivity contribution < 1.29 is 27.4 Å². The van der Waals surface area contributed by atoms with E-state index in [0.717, 1.165) is 0 Å². The maximum Gasteiger partial charge on any atom is 0.243 e. The monoisotopic (exact) mass is 447 g/mol. The normalized spacial score (nSPS) is 22.3. The summed E-state index contributed by atoms with van der Waals surface area (Å²) in [5, 5.41) is 0. The highest BCUT2D eigenvalue weighted by Gasteiger charge is 2.46. The van der Waals surface area contributed by atoms with Gasteiger partial charge in [0.1, 0.15) is 23.6 Å². The Morgan fingerprint density at radius 1 is 1.13 bits per heavy atom. The minimum atomic E-state index is -3.92. The first-order valence-corrected chi connectivity index (χ1v) is 11.5. The molecule has 2 aliphatic rings. The summed E-state index contributed by atoms with van der Waals surface area (Å²) in [4.78, 5) is 19.1. The second-order valence-corrected chi connectivity index (χ2v) is 9.26. The number of morpholine rings is 1. The summed E-state index contributed by atoms with van der Waals surface area (Å²) in [5.41, 5.74) is 0. The lowest BCUT2D eigenvalue weighted by molar-refractivity contribution is -0.138. The molecule has 0 saturated carbocycles. The van der Waals surface area contributed by atoms with Crippen LogP contribution in [0.25, 0.3) is 0 Å². The quantitative estimate of drug-likeness (QED) is 0.655. The summed E-state index contributed by atoms with van der Waals surface area (Å²) in [7, 11) is -2.40. The molecular weight excluding hydrogens is 422 g/mol. The number of pyridine rings is 1. The number of sulfonamides is 1. The Kier molecular flexibility index (Phi) is 6.40. The zero-order valence-corrected chi connectivity index (χ0v) is 18.0. The Balaban J connectivity index is 1.61. The van der Waals surface area contributed by atoms with Gasteiger partial charge in [0.2, 0.25) is 15.9 Å². The Bertz CT molecular complexity index is 994. The van der Waals surface area contributed by atoms with Gasteiger partial charge in [-0.3, -0.25) is 9.78 Å². The molecule has 10 heteroatoms. The molecule has 9 nitrogen and oxygen atoms in total. The molecule has 0 bridgehead atoms. The SMILES string of the molecule is COc1ccc(S(=O)(=O)N2C[C@@H](Oc3cccnc3)C[C@@H]2C(=O)N2CCOCC2)cc1. The van der Waals surface area contributed by atoms with E-state index in [-0.39, 0.29) is 23.8 Å². The highest BCUT2D eigenvalue weighted by Crippen LogP contribution is 2.30. The molecule has 2 atom stereocenters. The molecule has 1 amide bonds. The minimum absolute atomic E-state index is 0.0734. The first-order chi connectivity index (χ1) is 15.0. The van der Waals surface area contributed by atoms with E-state index in [0.29, 0.717) is 37.8 Å². The van der Waals surface area contributed by atoms with Gasteiger partial charge in [-0.05, 0) is 36.4 Å². The van der Waals surface area contributed by atoms with Crippen molar-refractivity contribution in [2.24, 2.45) is 0 Å². The van der Waals surface area contributed by atoms with Crippen molar-refractivity contribution >= 4 is 15.9 Å². The van der Waals surface area contributed by atoms with E-state index in [2.05, 4.69) is 4.98 Å². The number of aromatic nitrogens is 1. The number of carbonyl (C=O) groups excluding carboxylic acids is 1. The van der Waals surface area contributed by atoms with E-state index in [1.165, 1.54) is 23.5 Å². The van der Waals surface area contributed by atoms with Crippen LogP contribution in [0.1, 0.15) is 6.42 Å². The summed E-state index contributed by atoms with van der Waals surface area (Å²) in [6.45, 7) is 1.85. The van der Waals surface area contributed by atoms with Crippen LogP contribution in [-0.2, 0) is 19.6 Å². The fraction of sp³-hybridized carbons (Fsp3) is 0.429. The van der Waals surface area contributed by atoms with E-state index >= 15 is 0 Å². The van der Waals surface area contributed by atoms with Gasteiger partial charge in [-0.25, -0.2) is 8.42 Å². The molecule has 2 saturated heterocycles. The number of nitrogens with zero attached hydrogens (tertiary/aromatic N) is 3. The highest BCUT2D eigenvalue weighted by molar-refractivity contribution is 7.89. The first-order valence-electron chi connectivity index (χ1n) is 10.1. The van der Waals surface area contributed by atoms with E-state index in [9.17, 15) is 13.2 Å². The summed E-state index contributed by atoms with van der Waals surface area (Å²) in [5.74, 6) is 0.866. The second kappa shape index (κ2) is 9.21. The van der Waals surface area contributed by atoms with Gasteiger partial charge in [0.05, 0.1) is 38.0 Å². The average molecular weight is 448 g/mol. The van der Waals surface area contributed by atoms with Crippen molar-refractivity contribution in [1.82, 2.24) is 14.2 Å². The molecule has 3 heterocycles. The van der Waals surface area contributed by atoms with E-state index in [1.54, 1.807) is 41.6 Å². The largest absolute Gasteiger partial charge is 0.497 e. The molecule has 1 aromatic heterocycles. The maximum atomic E-state index is 13.5. The smallest absolute Gasteiger partial charge is 0.243 e. The summed E-state index contributed by atoms with van der Waals surface area (Å²) < 4.78 is 44.6. The van der Waals surface area contributed by atoms with Gasteiger partial charge in [-0.15, -0.1) is 0 Å². The molecule has 0 aliphatic carbocycles. The van der Waals surface area contributed by atoms with Crippen LogP contribution in [0.5, 0.6) is 11.5 Å². The molecular formula is C21H25N3O6S. The van der Waals surface area contributed by atoms with Gasteiger partial charge >= 0.3 is 0 Å². The van der Waals surface area contributed by atoms with Gasteiger partial charge in [0.15, 0.2) is 0 Å². The predicted molar refractivity (Wildman–Crippen MR) is 111 cm³/mol. The van der Waals surface area contributed by atoms with Crippen LogP contribution in [0, 0.1) is 0 Å². The number of carbonyl (C=O) groups is 1. The number of hydrogen-bond acceptors (Lipinski definition) is 7. The van der Waals surface area contributed by atoms with Crippen LogP contribution >= 0.6 is 0 Å². The number of benzene rings is 1. The van der Waals surface area contributed by atoms with Gasteiger partial charge in [0, 0.05) is 25.7 Å². The summed E-state index contributed by atoms with van der Waals surface area (Å²) in [6, 6.07) is 8.81. The predicted octanol–water partition coefficient (Wildman–Crippen LogP) is 1.16. The van der Waals surface area contributed by atoms with Crippen molar-refractivity contribution in [3.05, 3.63) is 48.8 Å². The van der Waals surface area contributed by atoms with Gasteiger partial charge in [0.25, 0.3) is 0 Å². The summed E-state index contributed by atoms with van der Waals surface area (Å²) in [6.07, 6.45) is 3.00. The molecule has 2 fully saturated rings. The number of hydrogen-bond donors (Lipinski definition) is 0. The average Bonchev–Trinajstić information content (AvgIpc) is 3.24. The molecule has 0 unspecified atom stereocenters. The van der Waals surface area contributed by atoms with E-state index in [4.69, 9.17) is 14.2 Å². The van der Waals surface area contributed by atoms with Crippen molar-refractivity contribution in [2.75, 3.05) is 40.0 Å². The van der Waals surface area contributed by atoms with Crippen LogP contribution in [0.3, 0.4) is 0 Å². The standard InChI is InChI=1S/C21H25N3O6S/c1-28-16-4-6-19(7-5-16)31(26,27)24-15-18(30-17-3-2-8-22-14-17)13-20(24)21(25)23-9-11-29-12-10-23/h2-8,14,18,20H,9-13,15H2,1H3/t18-,20+/m0/s1. The Morgan fingerprint density at radius 3 is 2.52 bits per heavy atom. The lowest BCUT2D eigenvalue weighted by Gasteiger charge is -2.31. The zero-order valence-electron chi connectivity index (χ0n) is 17.2. The zero-order chi connectivity index (χ0) is 21.8. The van der Waals surface area contributed by atoms with E-state index < -0.39 is 22.2 Å². The maximum absolute atomic E-state index is 13.5. The molecule has 4 rings (SSSR count). The topological polar surface area (TPSA) is 98.3 Å². The minimum Gasteiger partial charge on any atom is -0.497 e. The second-order valence-electron chi connectivity index (χ2n) is 7.37. The third-order valence-corrected chi connectivity index (χ3v) is 7.32. The molecule has 0 radical (unpaired) electrons. The van der Waals surface area contributed by atoms with Gasteiger partial charge in [-0.1, -0.05) is 0 Å². The Hall–Kier alpha value is -2.69. The molecule has 0 spiro atoms. The number of rotatable bonds is 6. The molecule has 0 N–H and O–H groups in total. The molecule has 166 valence electrons. The van der Waals surface area contributed by atoms with Crippen LogP contribution < -0.4 is 9.47 Å². The fourth-order valence-electron chi connectivity index (χ4n) is 3.83. The van der Waals surface area contributed by atoms with E-state index in [1.807, 2.05) is 0 Å². The van der Waals surface area contributed by atoms with Crippen LogP contribution in [0.2, 0.25) is 0 Å². The van der Waals surface area contributed by atoms with Crippen LogP contribution in [-0.4, -0.2) is 80.6 Å². The lowest BCUT2D eigenvalue weighted by atomic mass is 10.1. The Labute approximate surface area is 181 Å². The fourth-order valence-corrected chi connectivity index (χ4v) is 5.46. The third-order valence-electron chi connectivity index (χ3n) is 5.43. The van der Waals surface area contributed by atoms with Crippen molar-refractivity contribution in [3.8, 4) is 11.5 Å². The number of ether oxygens (including phenoxy) is 3. The first kappa shape index (κ1) is 21.5. The number of methoxy groups -OCH3 is 1.